The zero-order valence-corrected chi connectivity index (χ0v) is 20.0. The largest absolute Gasteiger partial charge is 0.396 e. The van der Waals surface area contributed by atoms with Crippen LogP contribution in [-0.4, -0.2) is 21.3 Å². The molecule has 6 rings (SSSR count). The minimum Gasteiger partial charge on any atom is -0.396 e. The van der Waals surface area contributed by atoms with Crippen LogP contribution in [-0.2, 0) is 6.54 Å². The molecule has 1 N–H and O–H groups in total. The molecule has 0 bridgehead atoms. The van der Waals surface area contributed by atoms with E-state index >= 15 is 0 Å². The summed E-state index contributed by atoms with van der Waals surface area (Å²) < 4.78 is 2.59. The highest BCUT2D eigenvalue weighted by Gasteiger charge is 2.31. The van der Waals surface area contributed by atoms with Crippen LogP contribution in [0.4, 0.5) is 0 Å². The van der Waals surface area contributed by atoms with Gasteiger partial charge in [-0.2, -0.15) is 0 Å². The van der Waals surface area contributed by atoms with Gasteiger partial charge in [-0.1, -0.05) is 60.7 Å². The molecular weight excluding hydrogens is 404 g/mol. The second kappa shape index (κ2) is 10.3. The summed E-state index contributed by atoms with van der Waals surface area (Å²) in [5.74, 6) is 4.23. The van der Waals surface area contributed by atoms with Crippen molar-refractivity contribution in [2.75, 3.05) is 6.61 Å². The number of imidazole rings is 1. The molecule has 0 saturated heterocycles. The standard InChI is InChI=1S/C26H30N2.C4H8O/c1-19-25(23-10-6-3-7-11-23)28(18-20-12-13-20)26(27-19)24-16-14-22(15-17-24)21-8-4-2-5-9-21;5-3-4-1-2-4/h2-11,20,22,24H,12-18H2,1H3;4-5H,1-3H2. The van der Waals surface area contributed by atoms with E-state index in [1.54, 1.807) is 0 Å². The topological polar surface area (TPSA) is 38.0 Å². The Labute approximate surface area is 198 Å². The Bertz CT molecular complexity index is 1010. The Kier molecular flexibility index (Phi) is 6.96. The van der Waals surface area contributed by atoms with Crippen molar-refractivity contribution in [1.29, 1.82) is 0 Å². The van der Waals surface area contributed by atoms with E-state index in [-0.39, 0.29) is 0 Å². The zero-order valence-electron chi connectivity index (χ0n) is 20.0. The highest BCUT2D eigenvalue weighted by atomic mass is 16.3. The summed E-state index contributed by atoms with van der Waals surface area (Å²) in [5.41, 5.74) is 5.39. The van der Waals surface area contributed by atoms with Crippen LogP contribution in [0.1, 0.15) is 80.3 Å². The van der Waals surface area contributed by atoms with Gasteiger partial charge in [-0.05, 0) is 81.6 Å². The van der Waals surface area contributed by atoms with Gasteiger partial charge in [0.25, 0.3) is 0 Å². The van der Waals surface area contributed by atoms with Crippen molar-refractivity contribution in [2.24, 2.45) is 11.8 Å². The fraction of sp³-hybridized carbons (Fsp3) is 0.500. The molecule has 3 aromatic rings. The Morgan fingerprint density at radius 2 is 1.33 bits per heavy atom. The van der Waals surface area contributed by atoms with Crippen molar-refractivity contribution in [2.45, 2.75) is 76.7 Å². The molecule has 3 heteroatoms. The van der Waals surface area contributed by atoms with E-state index in [2.05, 4.69) is 72.2 Å². The number of benzene rings is 2. The van der Waals surface area contributed by atoms with Crippen molar-refractivity contribution in [3.8, 4) is 11.3 Å². The first-order chi connectivity index (χ1) is 16.2. The van der Waals surface area contributed by atoms with Crippen molar-refractivity contribution >= 4 is 0 Å². The second-order valence-corrected chi connectivity index (χ2v) is 10.4. The molecule has 0 spiro atoms. The van der Waals surface area contributed by atoms with Gasteiger partial charge in [0.05, 0.1) is 11.4 Å². The third-order valence-corrected chi connectivity index (χ3v) is 7.67. The van der Waals surface area contributed by atoms with E-state index < -0.39 is 0 Å². The lowest BCUT2D eigenvalue weighted by Gasteiger charge is -2.29. The minimum absolute atomic E-state index is 0.417. The number of nitrogens with zero attached hydrogens (tertiary/aromatic N) is 2. The third-order valence-electron chi connectivity index (χ3n) is 7.67. The van der Waals surface area contributed by atoms with Crippen LogP contribution in [0.2, 0.25) is 0 Å². The van der Waals surface area contributed by atoms with Gasteiger partial charge >= 0.3 is 0 Å². The molecule has 1 aromatic heterocycles. The lowest BCUT2D eigenvalue weighted by Crippen LogP contribution is -2.17. The third kappa shape index (κ3) is 5.58. The molecule has 0 atom stereocenters. The molecule has 3 aliphatic carbocycles. The smallest absolute Gasteiger partial charge is 0.112 e. The van der Waals surface area contributed by atoms with Crippen molar-refractivity contribution in [1.82, 2.24) is 9.55 Å². The minimum atomic E-state index is 0.417. The zero-order chi connectivity index (χ0) is 22.6. The first-order valence-corrected chi connectivity index (χ1v) is 13.0. The van der Waals surface area contributed by atoms with Crippen LogP contribution in [0.3, 0.4) is 0 Å². The van der Waals surface area contributed by atoms with Gasteiger partial charge in [-0.15, -0.1) is 0 Å². The quantitative estimate of drug-likeness (QED) is 0.442. The number of aromatic nitrogens is 2. The van der Waals surface area contributed by atoms with E-state index in [1.807, 2.05) is 0 Å². The lowest BCUT2D eigenvalue weighted by atomic mass is 9.78. The molecule has 0 unspecified atom stereocenters. The molecule has 3 aliphatic rings. The molecule has 33 heavy (non-hydrogen) atoms. The highest BCUT2D eigenvalue weighted by Crippen LogP contribution is 2.43. The highest BCUT2D eigenvalue weighted by molar-refractivity contribution is 5.63. The molecule has 0 radical (unpaired) electrons. The summed E-state index contributed by atoms with van der Waals surface area (Å²) in [5, 5.41) is 8.21. The average Bonchev–Trinajstić information content (AvgIpc) is 3.80. The Balaban J connectivity index is 0.000000406. The Morgan fingerprint density at radius 1 is 0.758 bits per heavy atom. The summed E-state index contributed by atoms with van der Waals surface area (Å²) >= 11 is 0. The van der Waals surface area contributed by atoms with Crippen LogP contribution in [0.25, 0.3) is 11.3 Å². The number of aliphatic hydroxyl groups excluding tert-OH is 1. The Morgan fingerprint density at radius 3 is 1.88 bits per heavy atom. The van der Waals surface area contributed by atoms with E-state index in [9.17, 15) is 0 Å². The number of aliphatic hydroxyl groups is 1. The molecule has 3 fully saturated rings. The van der Waals surface area contributed by atoms with Crippen molar-refractivity contribution in [3.63, 3.8) is 0 Å². The molecule has 3 nitrogen and oxygen atoms in total. The van der Waals surface area contributed by atoms with Crippen LogP contribution in [0, 0.1) is 18.8 Å². The normalized spacial score (nSPS) is 22.5. The number of hydrogen-bond acceptors (Lipinski definition) is 2. The lowest BCUT2D eigenvalue weighted by molar-refractivity contribution is 0.277. The van der Waals surface area contributed by atoms with Gasteiger partial charge < -0.3 is 9.67 Å². The monoisotopic (exact) mass is 442 g/mol. The van der Waals surface area contributed by atoms with Gasteiger partial charge in [0.2, 0.25) is 0 Å². The molecule has 0 aliphatic heterocycles. The SMILES string of the molecule is Cc1nc(C2CCC(c3ccccc3)CC2)n(CC2CC2)c1-c1ccccc1.OCC1CC1. The van der Waals surface area contributed by atoms with Gasteiger partial charge in [0, 0.05) is 24.6 Å². The van der Waals surface area contributed by atoms with Gasteiger partial charge in [0.15, 0.2) is 0 Å². The maximum Gasteiger partial charge on any atom is 0.112 e. The van der Waals surface area contributed by atoms with Crippen LogP contribution in [0.5, 0.6) is 0 Å². The summed E-state index contributed by atoms with van der Waals surface area (Å²) in [6, 6.07) is 22.0. The van der Waals surface area contributed by atoms with Crippen molar-refractivity contribution in [3.05, 3.63) is 77.7 Å². The number of hydrogen-bond donors (Lipinski definition) is 1. The molecule has 0 amide bonds. The van der Waals surface area contributed by atoms with E-state index in [0.717, 1.165) is 18.4 Å². The molecule has 3 saturated carbocycles. The van der Waals surface area contributed by atoms with Crippen molar-refractivity contribution < 1.29 is 5.11 Å². The predicted octanol–water partition coefficient (Wildman–Crippen LogP) is 7.10. The van der Waals surface area contributed by atoms with Gasteiger partial charge in [0.1, 0.15) is 5.82 Å². The van der Waals surface area contributed by atoms with E-state index in [4.69, 9.17) is 10.1 Å². The molecule has 1 heterocycles. The molecular formula is C30H38N2O. The number of aryl methyl sites for hydroxylation is 1. The van der Waals surface area contributed by atoms with Gasteiger partial charge in [-0.25, -0.2) is 4.98 Å². The summed E-state index contributed by atoms with van der Waals surface area (Å²) in [4.78, 5) is 5.15. The fourth-order valence-corrected chi connectivity index (χ4v) is 5.32. The number of rotatable bonds is 6. The molecule has 174 valence electrons. The van der Waals surface area contributed by atoms with Gasteiger partial charge in [-0.3, -0.25) is 0 Å². The second-order valence-electron chi connectivity index (χ2n) is 10.4. The summed E-state index contributed by atoms with van der Waals surface area (Å²) in [6.07, 6.45) is 10.4. The molecule has 2 aromatic carbocycles. The summed E-state index contributed by atoms with van der Waals surface area (Å²) in [6.45, 7) is 3.77. The predicted molar refractivity (Wildman–Crippen MR) is 135 cm³/mol. The first-order valence-electron chi connectivity index (χ1n) is 13.0. The maximum atomic E-state index is 8.21. The average molecular weight is 443 g/mol. The fourth-order valence-electron chi connectivity index (χ4n) is 5.32. The summed E-state index contributed by atoms with van der Waals surface area (Å²) in [7, 11) is 0. The van der Waals surface area contributed by atoms with E-state index in [1.165, 1.54) is 79.7 Å². The Hall–Kier alpha value is -2.39. The van der Waals surface area contributed by atoms with Crippen LogP contribution >= 0.6 is 0 Å². The maximum absolute atomic E-state index is 8.21. The van der Waals surface area contributed by atoms with Crippen LogP contribution < -0.4 is 0 Å². The van der Waals surface area contributed by atoms with Crippen LogP contribution in [0.15, 0.2) is 60.7 Å². The first kappa shape index (κ1) is 22.4. The van der Waals surface area contributed by atoms with E-state index in [0.29, 0.717) is 18.4 Å².